The van der Waals surface area contributed by atoms with Crippen LogP contribution in [0.3, 0.4) is 0 Å². The molecule has 7 rings (SSSR count). The fourth-order valence-corrected chi connectivity index (χ4v) is 7.75. The largest absolute Gasteiger partial charge is 0.338 e. The van der Waals surface area contributed by atoms with Crippen molar-refractivity contribution in [1.29, 1.82) is 0 Å². The lowest BCUT2D eigenvalue weighted by atomic mass is 9.78. The maximum absolute atomic E-state index is 13.8. The lowest BCUT2D eigenvalue weighted by molar-refractivity contribution is 0.0658. The molecule has 1 atom stereocenters. The van der Waals surface area contributed by atoms with Gasteiger partial charge in [-0.3, -0.25) is 9.59 Å². The maximum atomic E-state index is 13.8. The molecule has 0 radical (unpaired) electrons. The minimum atomic E-state index is -0.529. The van der Waals surface area contributed by atoms with Crippen molar-refractivity contribution in [2.24, 2.45) is 5.41 Å². The Labute approximate surface area is 272 Å². The van der Waals surface area contributed by atoms with Crippen molar-refractivity contribution >= 4 is 46.7 Å². The normalized spacial score (nSPS) is 20.3. The molecule has 3 fully saturated rings. The predicted octanol–water partition coefficient (Wildman–Crippen LogP) is 7.58. The number of hydrogen-bond acceptors (Lipinski definition) is 3. The Hall–Kier alpha value is -3.62. The van der Waals surface area contributed by atoms with E-state index in [1.54, 1.807) is 17.0 Å². The number of halogens is 3. The summed E-state index contributed by atoms with van der Waals surface area (Å²) in [6.07, 6.45) is 6.19. The van der Waals surface area contributed by atoms with Crippen molar-refractivity contribution in [1.82, 2.24) is 14.7 Å². The first kappa shape index (κ1) is 30.1. The molecule has 1 saturated carbocycles. The highest BCUT2D eigenvalue weighted by molar-refractivity contribution is 6.33. The third-order valence-corrected chi connectivity index (χ3v) is 10.7. The summed E-state index contributed by atoms with van der Waals surface area (Å²) in [6.45, 7) is 2.51. The van der Waals surface area contributed by atoms with E-state index in [2.05, 4.69) is 11.4 Å². The fraction of sp³-hybridized carbons (Fsp3) is 0.400. The smallest absolute Gasteiger partial charge is 0.321 e. The van der Waals surface area contributed by atoms with Crippen LogP contribution in [0.25, 0.3) is 0 Å². The summed E-state index contributed by atoms with van der Waals surface area (Å²) in [5.41, 5.74) is 3.89. The summed E-state index contributed by atoms with van der Waals surface area (Å²) in [5.74, 6) is -0.553. The molecule has 1 N–H and O–H groups in total. The number of hydrogen-bond donors (Lipinski definition) is 1. The highest BCUT2D eigenvalue weighted by atomic mass is 35.5. The van der Waals surface area contributed by atoms with E-state index in [4.69, 9.17) is 23.2 Å². The lowest BCUT2D eigenvalue weighted by Crippen LogP contribution is -2.46. The van der Waals surface area contributed by atoms with Crippen LogP contribution in [0.2, 0.25) is 10.0 Å². The number of carbonyl (C=O) groups excluding carboxylic acids is 3. The van der Waals surface area contributed by atoms with E-state index in [9.17, 15) is 18.8 Å². The molecule has 7 nitrogen and oxygen atoms in total. The predicted molar refractivity (Wildman–Crippen MR) is 172 cm³/mol. The Kier molecular flexibility index (Phi) is 7.98. The molecule has 10 heteroatoms. The van der Waals surface area contributed by atoms with Crippen LogP contribution in [-0.4, -0.2) is 64.8 Å². The highest BCUT2D eigenvalue weighted by Gasteiger charge is 2.44. The van der Waals surface area contributed by atoms with Crippen LogP contribution in [0.1, 0.15) is 76.4 Å². The van der Waals surface area contributed by atoms with Gasteiger partial charge in [-0.1, -0.05) is 41.4 Å². The highest BCUT2D eigenvalue weighted by Crippen LogP contribution is 2.44. The van der Waals surface area contributed by atoms with E-state index >= 15 is 0 Å². The number of amides is 4. The van der Waals surface area contributed by atoms with E-state index in [0.717, 1.165) is 50.5 Å². The average Bonchev–Trinajstić information content (AvgIpc) is 3.67. The monoisotopic (exact) mass is 648 g/mol. The molecular weight excluding hydrogens is 614 g/mol. The van der Waals surface area contributed by atoms with E-state index in [0.29, 0.717) is 48.0 Å². The molecule has 0 bridgehead atoms. The van der Waals surface area contributed by atoms with Gasteiger partial charge in [-0.05, 0) is 104 Å². The summed E-state index contributed by atoms with van der Waals surface area (Å²) < 4.78 is 13.5. The molecule has 0 aromatic heterocycles. The summed E-state index contributed by atoms with van der Waals surface area (Å²) in [5, 5.41) is 3.23. The Morgan fingerprint density at radius 2 is 1.60 bits per heavy atom. The molecule has 2 heterocycles. The van der Waals surface area contributed by atoms with Gasteiger partial charge < -0.3 is 20.0 Å². The zero-order chi connectivity index (χ0) is 31.3. The molecule has 3 aromatic carbocycles. The van der Waals surface area contributed by atoms with Crippen molar-refractivity contribution in [3.8, 4) is 0 Å². The van der Waals surface area contributed by atoms with Crippen molar-refractivity contribution in [3.05, 3.63) is 98.8 Å². The zero-order valence-electron chi connectivity index (χ0n) is 24.9. The van der Waals surface area contributed by atoms with Gasteiger partial charge >= 0.3 is 6.03 Å². The third kappa shape index (κ3) is 5.90. The second kappa shape index (κ2) is 12.0. The minimum absolute atomic E-state index is 0.0177. The number of fused-ring (bicyclic) bond motifs is 1. The molecule has 4 aliphatic rings. The quantitative estimate of drug-likeness (QED) is 0.310. The van der Waals surface area contributed by atoms with Gasteiger partial charge in [-0.25, -0.2) is 9.18 Å². The number of nitrogens with zero attached hydrogens (tertiary/aromatic N) is 3. The zero-order valence-corrected chi connectivity index (χ0v) is 26.4. The van der Waals surface area contributed by atoms with Gasteiger partial charge in [-0.15, -0.1) is 0 Å². The molecule has 1 unspecified atom stereocenters. The van der Waals surface area contributed by atoms with Gasteiger partial charge in [0.25, 0.3) is 11.8 Å². The van der Waals surface area contributed by atoms with Crippen molar-refractivity contribution in [2.75, 3.05) is 31.5 Å². The van der Waals surface area contributed by atoms with Crippen molar-refractivity contribution in [2.45, 2.75) is 57.0 Å². The summed E-state index contributed by atoms with van der Waals surface area (Å²) in [7, 11) is 0. The number of likely N-dealkylation sites (tertiary alicyclic amines) is 2. The molecule has 3 aromatic rings. The average molecular weight is 650 g/mol. The number of rotatable bonds is 5. The lowest BCUT2D eigenvalue weighted by Gasteiger charge is -2.39. The molecule has 1 spiro atoms. The second-order valence-electron chi connectivity index (χ2n) is 12.9. The molecule has 2 aliphatic heterocycles. The third-order valence-electron chi connectivity index (χ3n) is 10.1. The van der Waals surface area contributed by atoms with E-state index in [1.807, 2.05) is 34.1 Å². The summed E-state index contributed by atoms with van der Waals surface area (Å²) >= 11 is 12.3. The molecule has 2 saturated heterocycles. The van der Waals surface area contributed by atoms with Gasteiger partial charge in [0.15, 0.2) is 0 Å². The SMILES string of the molecule is O=C(Nc1ccc(F)c(Cl)c1)N1CCC2(CC1)CCN(C(=O)c1ccc3c(c1)C(N(C(=O)c1ccccc1Cl)C1CC1)CC3)C2. The van der Waals surface area contributed by atoms with E-state index in [1.165, 1.54) is 23.8 Å². The number of benzene rings is 3. The Morgan fingerprint density at radius 3 is 2.31 bits per heavy atom. The first-order valence-electron chi connectivity index (χ1n) is 15.7. The van der Waals surface area contributed by atoms with Crippen LogP contribution < -0.4 is 5.32 Å². The van der Waals surface area contributed by atoms with Crippen LogP contribution in [0.5, 0.6) is 0 Å². The molecule has 45 heavy (non-hydrogen) atoms. The Morgan fingerprint density at radius 1 is 0.867 bits per heavy atom. The minimum Gasteiger partial charge on any atom is -0.338 e. The number of aryl methyl sites for hydroxylation is 1. The van der Waals surface area contributed by atoms with Crippen LogP contribution in [0, 0.1) is 11.2 Å². The van der Waals surface area contributed by atoms with E-state index in [-0.39, 0.29) is 40.4 Å². The topological polar surface area (TPSA) is 73.0 Å². The van der Waals surface area contributed by atoms with Crippen LogP contribution in [0.4, 0.5) is 14.9 Å². The Bertz CT molecular complexity index is 1670. The fourth-order valence-electron chi connectivity index (χ4n) is 7.35. The van der Waals surface area contributed by atoms with Gasteiger partial charge in [0.2, 0.25) is 0 Å². The standard InChI is InChI=1S/C35H35Cl2FN4O3/c36-28-4-2-1-3-26(28)33(44)42(25-9-10-25)31-12-7-22-5-6-23(19-27(22)31)32(43)41-18-15-35(21-41)13-16-40(17-14-35)34(45)39-24-8-11-30(38)29(37)20-24/h1-6,8,11,19-20,25,31H,7,9-10,12-18,21H2,(H,39,45). The Balaban J connectivity index is 1.01. The van der Waals surface area contributed by atoms with Crippen molar-refractivity contribution < 1.29 is 18.8 Å². The van der Waals surface area contributed by atoms with Gasteiger partial charge in [0.1, 0.15) is 5.82 Å². The number of carbonyl (C=O) groups is 3. The first-order chi connectivity index (χ1) is 21.7. The first-order valence-corrected chi connectivity index (χ1v) is 16.5. The second-order valence-corrected chi connectivity index (χ2v) is 13.7. The maximum Gasteiger partial charge on any atom is 0.321 e. The molecular formula is C35H35Cl2FN4O3. The summed E-state index contributed by atoms with van der Waals surface area (Å²) in [6, 6.07) is 17.2. The van der Waals surface area contributed by atoms with Gasteiger partial charge in [0, 0.05) is 43.5 Å². The molecule has 2 aliphatic carbocycles. The van der Waals surface area contributed by atoms with Crippen molar-refractivity contribution in [3.63, 3.8) is 0 Å². The van der Waals surface area contributed by atoms with Crippen LogP contribution in [-0.2, 0) is 6.42 Å². The number of urea groups is 1. The van der Waals surface area contributed by atoms with Gasteiger partial charge in [0.05, 0.1) is 21.7 Å². The number of piperidine rings is 1. The van der Waals surface area contributed by atoms with E-state index < -0.39 is 5.82 Å². The number of nitrogens with one attached hydrogen (secondary N) is 1. The van der Waals surface area contributed by atoms with Gasteiger partial charge in [-0.2, -0.15) is 0 Å². The summed E-state index contributed by atoms with van der Waals surface area (Å²) in [4.78, 5) is 46.2. The number of anilines is 1. The molecule has 4 amide bonds. The van der Waals surface area contributed by atoms with Crippen LogP contribution in [0.15, 0.2) is 60.7 Å². The van der Waals surface area contributed by atoms with Crippen LogP contribution >= 0.6 is 23.2 Å². The molecule has 234 valence electrons.